The van der Waals surface area contributed by atoms with Crippen LogP contribution in [0.15, 0.2) is 0 Å². The van der Waals surface area contributed by atoms with Gasteiger partial charge in [-0.15, -0.1) is 0 Å². The quantitative estimate of drug-likeness (QED) is 0.740. The van der Waals surface area contributed by atoms with E-state index in [0.717, 1.165) is 51.5 Å². The number of nitrogens with zero attached hydrogens (tertiary/aromatic N) is 1. The Kier molecular flexibility index (Phi) is 3.92. The summed E-state index contributed by atoms with van der Waals surface area (Å²) in [6.07, 6.45) is 4.07. The van der Waals surface area contributed by atoms with E-state index in [4.69, 9.17) is 4.74 Å². The fraction of sp³-hybridized carbons (Fsp3) is 0.909. The van der Waals surface area contributed by atoms with E-state index < -0.39 is 0 Å². The highest BCUT2D eigenvalue weighted by atomic mass is 32.1. The van der Waals surface area contributed by atoms with Crippen LogP contribution in [-0.2, 0) is 9.53 Å². The number of rotatable bonds is 3. The lowest BCUT2D eigenvalue weighted by Crippen LogP contribution is -2.29. The Hall–Kier alpha value is -0.220. The first-order valence-electron chi connectivity index (χ1n) is 5.79. The van der Waals surface area contributed by atoms with Crippen molar-refractivity contribution in [1.82, 2.24) is 4.90 Å². The van der Waals surface area contributed by atoms with Gasteiger partial charge in [0, 0.05) is 38.0 Å². The van der Waals surface area contributed by atoms with Crippen molar-refractivity contribution in [1.29, 1.82) is 0 Å². The molecule has 2 fully saturated rings. The number of ether oxygens (including phenoxy) is 1. The molecule has 2 heterocycles. The largest absolute Gasteiger partial charge is 0.381 e. The summed E-state index contributed by atoms with van der Waals surface area (Å²) in [5, 5.41) is 0.257. The van der Waals surface area contributed by atoms with Crippen LogP contribution in [0, 0.1) is 5.92 Å². The zero-order chi connectivity index (χ0) is 10.7. The summed E-state index contributed by atoms with van der Waals surface area (Å²) in [5.74, 6) is 1.03. The summed E-state index contributed by atoms with van der Waals surface area (Å²) in [7, 11) is 0. The van der Waals surface area contributed by atoms with Crippen molar-refractivity contribution in [3.8, 4) is 0 Å². The maximum Gasteiger partial charge on any atom is 0.223 e. The molecule has 0 saturated carbocycles. The highest BCUT2D eigenvalue weighted by Crippen LogP contribution is 2.21. The summed E-state index contributed by atoms with van der Waals surface area (Å²) in [6.45, 7) is 3.55. The molecule has 2 rings (SSSR count). The fourth-order valence-electron chi connectivity index (χ4n) is 2.34. The van der Waals surface area contributed by atoms with E-state index in [1.54, 1.807) is 0 Å². The van der Waals surface area contributed by atoms with Crippen LogP contribution in [0.25, 0.3) is 0 Å². The number of amides is 1. The molecule has 15 heavy (non-hydrogen) atoms. The van der Waals surface area contributed by atoms with E-state index in [0.29, 0.717) is 6.42 Å². The molecule has 2 aliphatic rings. The lowest BCUT2D eigenvalue weighted by Gasteiger charge is -2.24. The molecule has 0 aromatic heterocycles. The van der Waals surface area contributed by atoms with E-state index in [-0.39, 0.29) is 11.2 Å². The molecule has 1 unspecified atom stereocenters. The lowest BCUT2D eigenvalue weighted by atomic mass is 9.96. The second kappa shape index (κ2) is 5.21. The Morgan fingerprint density at radius 3 is 2.73 bits per heavy atom. The lowest BCUT2D eigenvalue weighted by molar-refractivity contribution is -0.127. The Labute approximate surface area is 96.6 Å². The van der Waals surface area contributed by atoms with Gasteiger partial charge < -0.3 is 9.64 Å². The molecular weight excluding hydrogens is 210 g/mol. The van der Waals surface area contributed by atoms with Crippen LogP contribution in [0.5, 0.6) is 0 Å². The highest BCUT2D eigenvalue weighted by Gasteiger charge is 2.27. The molecule has 4 heteroatoms. The van der Waals surface area contributed by atoms with Gasteiger partial charge in [-0.3, -0.25) is 4.79 Å². The van der Waals surface area contributed by atoms with E-state index in [1.807, 2.05) is 4.90 Å². The monoisotopic (exact) mass is 229 g/mol. The van der Waals surface area contributed by atoms with Gasteiger partial charge in [-0.2, -0.15) is 12.6 Å². The van der Waals surface area contributed by atoms with Crippen molar-refractivity contribution in [2.24, 2.45) is 5.92 Å². The molecule has 3 nitrogen and oxygen atoms in total. The molecule has 1 atom stereocenters. The van der Waals surface area contributed by atoms with Crippen LogP contribution < -0.4 is 0 Å². The van der Waals surface area contributed by atoms with Crippen molar-refractivity contribution in [2.75, 3.05) is 26.3 Å². The molecule has 0 aromatic carbocycles. The van der Waals surface area contributed by atoms with Gasteiger partial charge in [0.25, 0.3) is 0 Å². The maximum absolute atomic E-state index is 11.5. The van der Waals surface area contributed by atoms with Gasteiger partial charge >= 0.3 is 0 Å². The van der Waals surface area contributed by atoms with E-state index in [2.05, 4.69) is 12.6 Å². The SMILES string of the molecule is O=C1CC(S)CN1CCC1CCOCC1. The summed E-state index contributed by atoms with van der Waals surface area (Å²) in [5.41, 5.74) is 0. The van der Waals surface area contributed by atoms with Crippen LogP contribution in [0.3, 0.4) is 0 Å². The number of carbonyl (C=O) groups is 1. The first kappa shape index (κ1) is 11.3. The molecule has 0 spiro atoms. The van der Waals surface area contributed by atoms with Crippen molar-refractivity contribution in [2.45, 2.75) is 30.9 Å². The topological polar surface area (TPSA) is 29.5 Å². The Morgan fingerprint density at radius 2 is 2.13 bits per heavy atom. The number of likely N-dealkylation sites (tertiary alicyclic amines) is 1. The standard InChI is InChI=1S/C11H19NO2S/c13-11-7-10(15)8-12(11)4-1-9-2-5-14-6-3-9/h9-10,15H,1-8H2. The second-order valence-corrected chi connectivity index (χ2v) is 5.27. The first-order chi connectivity index (χ1) is 7.25. The van der Waals surface area contributed by atoms with Crippen molar-refractivity contribution in [3.05, 3.63) is 0 Å². The van der Waals surface area contributed by atoms with E-state index >= 15 is 0 Å². The summed E-state index contributed by atoms with van der Waals surface area (Å²) in [4.78, 5) is 13.5. The van der Waals surface area contributed by atoms with Gasteiger partial charge in [-0.1, -0.05) is 0 Å². The zero-order valence-electron chi connectivity index (χ0n) is 9.02. The Bertz CT molecular complexity index is 229. The molecular formula is C11H19NO2S. The smallest absolute Gasteiger partial charge is 0.223 e. The molecule has 1 amide bonds. The molecule has 0 radical (unpaired) electrons. The number of hydrogen-bond acceptors (Lipinski definition) is 3. The molecule has 2 saturated heterocycles. The Balaban J connectivity index is 1.70. The summed E-state index contributed by atoms with van der Waals surface area (Å²) >= 11 is 4.35. The minimum absolute atomic E-state index is 0.257. The normalized spacial score (nSPS) is 28.7. The van der Waals surface area contributed by atoms with Crippen LogP contribution in [0.2, 0.25) is 0 Å². The van der Waals surface area contributed by atoms with Crippen LogP contribution >= 0.6 is 12.6 Å². The minimum Gasteiger partial charge on any atom is -0.381 e. The highest BCUT2D eigenvalue weighted by molar-refractivity contribution is 7.81. The van der Waals surface area contributed by atoms with E-state index in [1.165, 1.54) is 0 Å². The van der Waals surface area contributed by atoms with Gasteiger partial charge in [-0.05, 0) is 25.2 Å². The van der Waals surface area contributed by atoms with Gasteiger partial charge in [0.05, 0.1) is 0 Å². The molecule has 0 bridgehead atoms. The maximum atomic E-state index is 11.5. The number of hydrogen-bond donors (Lipinski definition) is 1. The van der Waals surface area contributed by atoms with Crippen molar-refractivity contribution < 1.29 is 9.53 Å². The molecule has 86 valence electrons. The van der Waals surface area contributed by atoms with Crippen LogP contribution in [-0.4, -0.2) is 42.4 Å². The first-order valence-corrected chi connectivity index (χ1v) is 6.31. The third-order valence-corrected chi connectivity index (χ3v) is 3.69. The number of thiol groups is 1. The van der Waals surface area contributed by atoms with E-state index in [9.17, 15) is 4.79 Å². The predicted octanol–water partition coefficient (Wildman–Crippen LogP) is 1.33. The average Bonchev–Trinajstić information content (AvgIpc) is 2.56. The molecule has 2 aliphatic heterocycles. The second-order valence-electron chi connectivity index (χ2n) is 4.54. The Morgan fingerprint density at radius 1 is 1.40 bits per heavy atom. The van der Waals surface area contributed by atoms with Crippen LogP contribution in [0.4, 0.5) is 0 Å². The van der Waals surface area contributed by atoms with Crippen molar-refractivity contribution in [3.63, 3.8) is 0 Å². The average molecular weight is 229 g/mol. The van der Waals surface area contributed by atoms with Crippen LogP contribution in [0.1, 0.15) is 25.7 Å². The third-order valence-electron chi connectivity index (χ3n) is 3.34. The van der Waals surface area contributed by atoms with Gasteiger partial charge in [-0.25, -0.2) is 0 Å². The van der Waals surface area contributed by atoms with Crippen molar-refractivity contribution >= 4 is 18.5 Å². The summed E-state index contributed by atoms with van der Waals surface area (Å²) in [6, 6.07) is 0. The third kappa shape index (κ3) is 3.11. The zero-order valence-corrected chi connectivity index (χ0v) is 9.92. The van der Waals surface area contributed by atoms with Gasteiger partial charge in [0.2, 0.25) is 5.91 Å². The molecule has 0 aromatic rings. The fourth-order valence-corrected chi connectivity index (χ4v) is 2.69. The van der Waals surface area contributed by atoms with Gasteiger partial charge in [0.1, 0.15) is 0 Å². The predicted molar refractivity (Wildman–Crippen MR) is 62.1 cm³/mol. The summed E-state index contributed by atoms with van der Waals surface area (Å²) < 4.78 is 5.32. The minimum atomic E-state index is 0.257. The molecule has 0 N–H and O–H groups in total. The number of carbonyl (C=O) groups excluding carboxylic acids is 1. The van der Waals surface area contributed by atoms with Gasteiger partial charge in [0.15, 0.2) is 0 Å². The molecule has 0 aliphatic carbocycles.